The Balaban J connectivity index is 2.49. The van der Waals surface area contributed by atoms with Crippen LogP contribution in [0, 0.1) is 11.8 Å². The molecule has 0 spiro atoms. The van der Waals surface area contributed by atoms with Crippen LogP contribution in [0.15, 0.2) is 0 Å². The number of nitrogens with one attached hydrogen (secondary N) is 2. The van der Waals surface area contributed by atoms with Crippen molar-refractivity contribution in [2.75, 3.05) is 6.54 Å². The summed E-state index contributed by atoms with van der Waals surface area (Å²) in [5, 5.41) is 14.7. The van der Waals surface area contributed by atoms with E-state index in [1.807, 2.05) is 0 Å². The fraction of sp³-hybridized carbons (Fsp3) is 0.900. The van der Waals surface area contributed by atoms with Gasteiger partial charge in [-0.3, -0.25) is 0 Å². The van der Waals surface area contributed by atoms with E-state index < -0.39 is 6.23 Å². The normalized spacial score (nSPS) is 29.9. The van der Waals surface area contributed by atoms with Crippen molar-refractivity contribution in [1.82, 2.24) is 10.6 Å². The number of amides is 2. The molecule has 14 heavy (non-hydrogen) atoms. The molecule has 1 heterocycles. The van der Waals surface area contributed by atoms with E-state index in [-0.39, 0.29) is 6.03 Å². The Morgan fingerprint density at radius 3 is 2.71 bits per heavy atom. The largest absolute Gasteiger partial charge is 0.374 e. The lowest BCUT2D eigenvalue weighted by molar-refractivity contribution is 0.124. The molecule has 0 saturated carbocycles. The summed E-state index contributed by atoms with van der Waals surface area (Å²) in [5.74, 6) is 1.20. The fourth-order valence-electron chi connectivity index (χ4n) is 1.83. The monoisotopic (exact) mass is 200 g/mol. The molecule has 1 aliphatic rings. The van der Waals surface area contributed by atoms with E-state index >= 15 is 0 Å². The quantitative estimate of drug-likeness (QED) is 0.592. The topological polar surface area (TPSA) is 61.4 Å². The first kappa shape index (κ1) is 11.3. The summed E-state index contributed by atoms with van der Waals surface area (Å²) >= 11 is 0. The first-order chi connectivity index (χ1) is 6.59. The van der Waals surface area contributed by atoms with Crippen LogP contribution in [0.3, 0.4) is 0 Å². The van der Waals surface area contributed by atoms with Crippen molar-refractivity contribution in [3.05, 3.63) is 0 Å². The average molecular weight is 200 g/mol. The molecule has 1 fully saturated rings. The number of urea groups is 1. The van der Waals surface area contributed by atoms with Gasteiger partial charge in [0.25, 0.3) is 0 Å². The molecule has 1 rings (SSSR count). The maximum Gasteiger partial charge on any atom is 0.316 e. The van der Waals surface area contributed by atoms with E-state index in [1.54, 1.807) is 0 Å². The van der Waals surface area contributed by atoms with Crippen molar-refractivity contribution < 1.29 is 9.90 Å². The highest BCUT2D eigenvalue weighted by Crippen LogP contribution is 2.21. The molecule has 4 heteroatoms. The van der Waals surface area contributed by atoms with Gasteiger partial charge in [0.15, 0.2) is 0 Å². The number of hydrogen-bond acceptors (Lipinski definition) is 2. The van der Waals surface area contributed by atoms with Gasteiger partial charge in [0, 0.05) is 6.54 Å². The number of hydrogen-bond donors (Lipinski definition) is 3. The van der Waals surface area contributed by atoms with E-state index in [0.29, 0.717) is 24.8 Å². The summed E-state index contributed by atoms with van der Waals surface area (Å²) in [6.45, 7) is 5.07. The molecule has 3 N–H and O–H groups in total. The molecular formula is C10H20N2O2. The Morgan fingerprint density at radius 2 is 2.07 bits per heavy atom. The van der Waals surface area contributed by atoms with Gasteiger partial charge in [0.2, 0.25) is 0 Å². The number of aliphatic hydroxyl groups is 1. The van der Waals surface area contributed by atoms with Crippen LogP contribution in [0.1, 0.15) is 33.1 Å². The van der Waals surface area contributed by atoms with Gasteiger partial charge in [-0.2, -0.15) is 0 Å². The molecule has 0 bridgehead atoms. The molecule has 0 aromatic rings. The molecule has 0 aromatic heterocycles. The lowest BCUT2D eigenvalue weighted by atomic mass is 9.88. The molecule has 0 radical (unpaired) electrons. The highest BCUT2D eigenvalue weighted by molar-refractivity contribution is 5.73. The molecule has 0 aliphatic carbocycles. The number of carbonyl (C=O) groups excluding carboxylic acids is 1. The predicted molar refractivity (Wildman–Crippen MR) is 54.7 cm³/mol. The Labute approximate surface area is 85.1 Å². The molecule has 0 aromatic carbocycles. The summed E-state index contributed by atoms with van der Waals surface area (Å²) in [4.78, 5) is 11.1. The second-order valence-electron chi connectivity index (χ2n) is 4.29. The van der Waals surface area contributed by atoms with Crippen molar-refractivity contribution in [2.45, 2.75) is 39.3 Å². The van der Waals surface area contributed by atoms with Crippen LogP contribution in [0.4, 0.5) is 4.79 Å². The molecule has 82 valence electrons. The number of carbonyl (C=O) groups is 1. The molecule has 1 saturated heterocycles. The van der Waals surface area contributed by atoms with Crippen molar-refractivity contribution in [2.24, 2.45) is 11.8 Å². The van der Waals surface area contributed by atoms with Crippen molar-refractivity contribution in [3.8, 4) is 0 Å². The second kappa shape index (κ2) is 5.20. The van der Waals surface area contributed by atoms with E-state index in [1.165, 1.54) is 0 Å². The van der Waals surface area contributed by atoms with Gasteiger partial charge >= 0.3 is 6.03 Å². The lowest BCUT2D eigenvalue weighted by Crippen LogP contribution is -2.41. The van der Waals surface area contributed by atoms with Crippen LogP contribution in [-0.2, 0) is 0 Å². The molecule has 2 atom stereocenters. The van der Waals surface area contributed by atoms with Crippen LogP contribution in [0.2, 0.25) is 0 Å². The van der Waals surface area contributed by atoms with Gasteiger partial charge in [0.05, 0.1) is 0 Å². The smallest absolute Gasteiger partial charge is 0.316 e. The van der Waals surface area contributed by atoms with Gasteiger partial charge < -0.3 is 15.7 Å². The Hall–Kier alpha value is -0.770. The lowest BCUT2D eigenvalue weighted by Gasteiger charge is -2.20. The third-order valence-corrected chi connectivity index (χ3v) is 2.85. The third kappa shape index (κ3) is 3.54. The van der Waals surface area contributed by atoms with Gasteiger partial charge in [-0.1, -0.05) is 13.8 Å². The second-order valence-corrected chi connectivity index (χ2v) is 4.29. The molecular weight excluding hydrogens is 180 g/mol. The zero-order valence-electron chi connectivity index (χ0n) is 8.92. The molecule has 1 unspecified atom stereocenters. The van der Waals surface area contributed by atoms with Crippen LogP contribution >= 0.6 is 0 Å². The predicted octanol–water partition coefficient (Wildman–Crippen LogP) is 1.06. The van der Waals surface area contributed by atoms with Gasteiger partial charge in [0.1, 0.15) is 6.23 Å². The summed E-state index contributed by atoms with van der Waals surface area (Å²) < 4.78 is 0. The Bertz CT molecular complexity index is 195. The number of aliphatic hydroxyl groups excluding tert-OH is 1. The van der Waals surface area contributed by atoms with Crippen molar-refractivity contribution in [1.29, 1.82) is 0 Å². The van der Waals surface area contributed by atoms with Gasteiger partial charge in [-0.05, 0) is 31.1 Å². The summed E-state index contributed by atoms with van der Waals surface area (Å²) in [7, 11) is 0. The molecule has 4 nitrogen and oxygen atoms in total. The van der Waals surface area contributed by atoms with Crippen molar-refractivity contribution in [3.63, 3.8) is 0 Å². The SMILES string of the molecule is CC(C)C1CCNC(=O)N[C@H](O)CC1. The maximum absolute atomic E-state index is 11.1. The summed E-state index contributed by atoms with van der Waals surface area (Å²) in [6, 6.07) is -0.262. The minimum Gasteiger partial charge on any atom is -0.374 e. The fourth-order valence-corrected chi connectivity index (χ4v) is 1.83. The third-order valence-electron chi connectivity index (χ3n) is 2.85. The summed E-state index contributed by atoms with van der Waals surface area (Å²) in [5.41, 5.74) is 0. The van der Waals surface area contributed by atoms with Crippen molar-refractivity contribution >= 4 is 6.03 Å². The van der Waals surface area contributed by atoms with E-state index in [0.717, 1.165) is 12.8 Å². The van der Waals surface area contributed by atoms with Crippen LogP contribution < -0.4 is 10.6 Å². The maximum atomic E-state index is 11.1. The van der Waals surface area contributed by atoms with E-state index in [2.05, 4.69) is 24.5 Å². The highest BCUT2D eigenvalue weighted by Gasteiger charge is 2.18. The first-order valence-corrected chi connectivity index (χ1v) is 5.32. The standard InChI is InChI=1S/C10H20N2O2/c1-7(2)8-3-4-9(13)12-10(14)11-6-5-8/h7-9,13H,3-6H2,1-2H3,(H2,11,12,14)/t8?,9-/m1/s1. The minimum absolute atomic E-state index is 0.262. The van der Waals surface area contributed by atoms with Gasteiger partial charge in [-0.15, -0.1) is 0 Å². The zero-order valence-corrected chi connectivity index (χ0v) is 8.92. The first-order valence-electron chi connectivity index (χ1n) is 5.32. The van der Waals surface area contributed by atoms with Crippen LogP contribution in [0.25, 0.3) is 0 Å². The highest BCUT2D eigenvalue weighted by atomic mass is 16.3. The number of rotatable bonds is 1. The molecule has 1 aliphatic heterocycles. The summed E-state index contributed by atoms with van der Waals surface area (Å²) in [6.07, 6.45) is 1.92. The Kier molecular flexibility index (Phi) is 4.20. The van der Waals surface area contributed by atoms with Crippen LogP contribution in [-0.4, -0.2) is 23.9 Å². The Morgan fingerprint density at radius 1 is 1.36 bits per heavy atom. The van der Waals surface area contributed by atoms with Crippen LogP contribution in [0.5, 0.6) is 0 Å². The van der Waals surface area contributed by atoms with Gasteiger partial charge in [-0.25, -0.2) is 4.79 Å². The molecule has 2 amide bonds. The average Bonchev–Trinajstić information content (AvgIpc) is 2.16. The zero-order chi connectivity index (χ0) is 10.6. The van der Waals surface area contributed by atoms with E-state index in [4.69, 9.17) is 0 Å². The minimum atomic E-state index is -0.700. The van der Waals surface area contributed by atoms with E-state index in [9.17, 15) is 9.90 Å².